The molecular weight excluding hydrogens is 244 g/mol. The molecular formula is C10H13BrN2O. The second-order valence-corrected chi connectivity index (χ2v) is 4.40. The van der Waals surface area contributed by atoms with E-state index in [2.05, 4.69) is 25.8 Å². The van der Waals surface area contributed by atoms with E-state index in [0.29, 0.717) is 12.6 Å². The quantitative estimate of drug-likeness (QED) is 0.893. The van der Waals surface area contributed by atoms with Crippen LogP contribution in [0.3, 0.4) is 0 Å². The molecule has 1 saturated carbocycles. The van der Waals surface area contributed by atoms with Crippen LogP contribution in [-0.2, 0) is 0 Å². The van der Waals surface area contributed by atoms with E-state index in [4.69, 9.17) is 5.11 Å². The summed E-state index contributed by atoms with van der Waals surface area (Å²) in [6, 6.07) is 4.56. The molecule has 0 aromatic carbocycles. The molecule has 1 heterocycles. The van der Waals surface area contributed by atoms with Gasteiger partial charge in [0.05, 0.1) is 6.61 Å². The molecule has 0 aliphatic heterocycles. The number of halogens is 1. The van der Waals surface area contributed by atoms with Crippen molar-refractivity contribution in [1.82, 2.24) is 4.98 Å². The highest BCUT2D eigenvalue weighted by molar-refractivity contribution is 9.10. The number of pyridine rings is 1. The second kappa shape index (κ2) is 4.28. The van der Waals surface area contributed by atoms with Gasteiger partial charge in [-0.25, -0.2) is 4.98 Å². The van der Waals surface area contributed by atoms with Crippen LogP contribution < -0.4 is 4.90 Å². The van der Waals surface area contributed by atoms with E-state index in [0.717, 1.165) is 10.3 Å². The first-order valence-corrected chi connectivity index (χ1v) is 5.59. The average molecular weight is 257 g/mol. The summed E-state index contributed by atoms with van der Waals surface area (Å²) in [5.74, 6) is 0.963. The third-order valence-corrected chi connectivity index (χ3v) is 2.80. The molecule has 3 nitrogen and oxygen atoms in total. The van der Waals surface area contributed by atoms with Crippen molar-refractivity contribution in [1.29, 1.82) is 0 Å². The molecule has 76 valence electrons. The number of aliphatic hydroxyl groups excluding tert-OH is 1. The van der Waals surface area contributed by atoms with Crippen LogP contribution in [0.1, 0.15) is 12.8 Å². The summed E-state index contributed by atoms with van der Waals surface area (Å²) in [5, 5.41) is 8.95. The molecule has 1 aromatic rings. The summed E-state index contributed by atoms with van der Waals surface area (Å²) in [7, 11) is 0. The third-order valence-electron chi connectivity index (χ3n) is 2.33. The lowest BCUT2D eigenvalue weighted by atomic mass is 10.4. The Morgan fingerprint density at radius 2 is 2.29 bits per heavy atom. The molecule has 14 heavy (non-hydrogen) atoms. The van der Waals surface area contributed by atoms with Crippen molar-refractivity contribution < 1.29 is 5.11 Å². The maximum Gasteiger partial charge on any atom is 0.128 e. The normalized spacial score (nSPS) is 15.6. The molecule has 4 heteroatoms. The molecule has 1 aromatic heterocycles. The standard InChI is InChI=1S/C10H13BrN2O/c11-8-1-4-10(12-7-8)13(5-6-14)9-2-3-9/h1,4,7,9,14H,2-3,5-6H2. The molecule has 0 bridgehead atoms. The van der Waals surface area contributed by atoms with Gasteiger partial charge >= 0.3 is 0 Å². The first-order valence-electron chi connectivity index (χ1n) is 4.80. The fraction of sp³-hybridized carbons (Fsp3) is 0.500. The Morgan fingerprint density at radius 1 is 1.50 bits per heavy atom. The lowest BCUT2D eigenvalue weighted by Gasteiger charge is -2.22. The number of anilines is 1. The van der Waals surface area contributed by atoms with Crippen molar-refractivity contribution in [2.75, 3.05) is 18.1 Å². The summed E-state index contributed by atoms with van der Waals surface area (Å²) >= 11 is 3.36. The van der Waals surface area contributed by atoms with Crippen molar-refractivity contribution in [2.45, 2.75) is 18.9 Å². The highest BCUT2D eigenvalue weighted by Gasteiger charge is 2.29. The zero-order valence-electron chi connectivity index (χ0n) is 7.86. The number of rotatable bonds is 4. The molecule has 1 fully saturated rings. The Kier molecular flexibility index (Phi) is 3.03. The lowest BCUT2D eigenvalue weighted by molar-refractivity contribution is 0.301. The van der Waals surface area contributed by atoms with Crippen molar-refractivity contribution in [3.63, 3.8) is 0 Å². The number of nitrogens with zero attached hydrogens (tertiary/aromatic N) is 2. The van der Waals surface area contributed by atoms with Gasteiger partial charge in [-0.15, -0.1) is 0 Å². The molecule has 0 unspecified atom stereocenters. The minimum Gasteiger partial charge on any atom is -0.395 e. The maximum atomic E-state index is 8.95. The topological polar surface area (TPSA) is 36.4 Å². The second-order valence-electron chi connectivity index (χ2n) is 3.48. The monoisotopic (exact) mass is 256 g/mol. The van der Waals surface area contributed by atoms with Gasteiger partial charge in [0.15, 0.2) is 0 Å². The van der Waals surface area contributed by atoms with Crippen LogP contribution in [0.4, 0.5) is 5.82 Å². The zero-order valence-corrected chi connectivity index (χ0v) is 9.44. The van der Waals surface area contributed by atoms with E-state index in [1.54, 1.807) is 6.20 Å². The largest absolute Gasteiger partial charge is 0.395 e. The fourth-order valence-electron chi connectivity index (χ4n) is 1.52. The van der Waals surface area contributed by atoms with Crippen LogP contribution in [0.2, 0.25) is 0 Å². The highest BCUT2D eigenvalue weighted by Crippen LogP contribution is 2.30. The smallest absolute Gasteiger partial charge is 0.128 e. The molecule has 1 aliphatic carbocycles. The Labute approximate surface area is 91.9 Å². The van der Waals surface area contributed by atoms with Gasteiger partial charge in [0.2, 0.25) is 0 Å². The first kappa shape index (κ1) is 9.93. The Morgan fingerprint density at radius 3 is 2.79 bits per heavy atom. The number of aliphatic hydroxyl groups is 1. The minimum absolute atomic E-state index is 0.189. The maximum absolute atomic E-state index is 8.95. The Bertz CT molecular complexity index is 297. The predicted octanol–water partition coefficient (Wildman–Crippen LogP) is 1.81. The van der Waals surface area contributed by atoms with Crippen LogP contribution in [0.5, 0.6) is 0 Å². The van der Waals surface area contributed by atoms with Crippen molar-refractivity contribution in [3.05, 3.63) is 22.8 Å². The van der Waals surface area contributed by atoms with Gasteiger partial charge in [0, 0.05) is 23.3 Å². The summed E-state index contributed by atoms with van der Waals surface area (Å²) in [6.45, 7) is 0.869. The zero-order chi connectivity index (χ0) is 9.97. The Balaban J connectivity index is 2.13. The molecule has 0 saturated heterocycles. The molecule has 1 N–H and O–H groups in total. The fourth-order valence-corrected chi connectivity index (χ4v) is 1.75. The van der Waals surface area contributed by atoms with Crippen LogP contribution in [0.15, 0.2) is 22.8 Å². The van der Waals surface area contributed by atoms with Crippen molar-refractivity contribution in [3.8, 4) is 0 Å². The highest BCUT2D eigenvalue weighted by atomic mass is 79.9. The van der Waals surface area contributed by atoms with Gasteiger partial charge in [-0.3, -0.25) is 0 Å². The van der Waals surface area contributed by atoms with E-state index in [-0.39, 0.29) is 6.61 Å². The summed E-state index contributed by atoms with van der Waals surface area (Å²) in [5.41, 5.74) is 0. The summed E-state index contributed by atoms with van der Waals surface area (Å²) in [6.07, 6.45) is 4.23. The van der Waals surface area contributed by atoms with Crippen LogP contribution in [0, 0.1) is 0 Å². The lowest BCUT2D eigenvalue weighted by Crippen LogP contribution is -2.29. The third kappa shape index (κ3) is 2.25. The van der Waals surface area contributed by atoms with E-state index < -0.39 is 0 Å². The SMILES string of the molecule is OCCN(c1ccc(Br)cn1)C1CC1. The van der Waals surface area contributed by atoms with Gasteiger partial charge in [0.1, 0.15) is 5.82 Å². The van der Waals surface area contributed by atoms with E-state index in [9.17, 15) is 0 Å². The first-order chi connectivity index (χ1) is 6.81. The molecule has 1 aliphatic rings. The van der Waals surface area contributed by atoms with Crippen LogP contribution in [-0.4, -0.2) is 29.3 Å². The molecule has 0 radical (unpaired) electrons. The predicted molar refractivity (Wildman–Crippen MR) is 59.4 cm³/mol. The van der Waals surface area contributed by atoms with Gasteiger partial charge in [-0.2, -0.15) is 0 Å². The van der Waals surface area contributed by atoms with Crippen LogP contribution >= 0.6 is 15.9 Å². The number of hydrogen-bond acceptors (Lipinski definition) is 3. The molecule has 2 rings (SSSR count). The van der Waals surface area contributed by atoms with E-state index in [1.165, 1.54) is 12.8 Å². The van der Waals surface area contributed by atoms with Gasteiger partial charge in [-0.05, 0) is 40.9 Å². The molecule has 0 atom stereocenters. The average Bonchev–Trinajstić information content (AvgIpc) is 2.99. The van der Waals surface area contributed by atoms with Crippen molar-refractivity contribution >= 4 is 21.7 Å². The summed E-state index contributed by atoms with van der Waals surface area (Å²) < 4.78 is 0.987. The molecule has 0 spiro atoms. The van der Waals surface area contributed by atoms with E-state index >= 15 is 0 Å². The number of aromatic nitrogens is 1. The molecule has 0 amide bonds. The van der Waals surface area contributed by atoms with Gasteiger partial charge in [0.25, 0.3) is 0 Å². The van der Waals surface area contributed by atoms with Gasteiger partial charge < -0.3 is 10.0 Å². The van der Waals surface area contributed by atoms with Crippen molar-refractivity contribution in [2.24, 2.45) is 0 Å². The van der Waals surface area contributed by atoms with Gasteiger partial charge in [-0.1, -0.05) is 0 Å². The van der Waals surface area contributed by atoms with E-state index in [1.807, 2.05) is 12.1 Å². The summed E-state index contributed by atoms with van der Waals surface area (Å²) in [4.78, 5) is 6.50. The van der Waals surface area contributed by atoms with Crippen LogP contribution in [0.25, 0.3) is 0 Å². The number of hydrogen-bond donors (Lipinski definition) is 1. The minimum atomic E-state index is 0.189. The Hall–Kier alpha value is -0.610.